The molecule has 0 spiro atoms. The molecule has 1 aliphatic rings. The molecular weight excluding hydrogens is 364 g/mol. The number of nitrogens with one attached hydrogen (secondary N) is 1. The summed E-state index contributed by atoms with van der Waals surface area (Å²) in [6.45, 7) is 1.61. The van der Waals surface area contributed by atoms with Gasteiger partial charge in [0.25, 0.3) is 0 Å². The molecule has 0 bridgehead atoms. The van der Waals surface area contributed by atoms with Crippen molar-refractivity contribution in [3.63, 3.8) is 0 Å². The quantitative estimate of drug-likeness (QED) is 0.706. The Kier molecular flexibility index (Phi) is 4.20. The summed E-state index contributed by atoms with van der Waals surface area (Å²) in [4.78, 5) is 11.5. The van der Waals surface area contributed by atoms with E-state index in [-0.39, 0.29) is 4.90 Å². The lowest BCUT2D eigenvalue weighted by atomic mass is 10.1. The average molecular weight is 379 g/mol. The molecule has 0 radical (unpaired) electrons. The molecule has 0 amide bonds. The van der Waals surface area contributed by atoms with Crippen LogP contribution in [0.4, 0.5) is 0 Å². The number of H-pyrrole nitrogens is 1. The molecule has 25 heavy (non-hydrogen) atoms. The van der Waals surface area contributed by atoms with Gasteiger partial charge in [0.15, 0.2) is 0 Å². The molecule has 0 unspecified atom stereocenters. The van der Waals surface area contributed by atoms with Gasteiger partial charge in [-0.15, -0.1) is 0 Å². The summed E-state index contributed by atoms with van der Waals surface area (Å²) in [5.41, 5.74) is 2.28. The predicted octanol–water partition coefficient (Wildman–Crippen LogP) is 2.30. The molecule has 0 atom stereocenters. The van der Waals surface area contributed by atoms with Crippen LogP contribution < -0.4 is 0 Å². The number of halogens is 1. The molecule has 7 nitrogen and oxygen atoms in total. The third kappa shape index (κ3) is 3.02. The van der Waals surface area contributed by atoms with Crippen molar-refractivity contribution >= 4 is 32.7 Å². The fourth-order valence-electron chi connectivity index (χ4n) is 2.81. The minimum absolute atomic E-state index is 0.270. The summed E-state index contributed by atoms with van der Waals surface area (Å²) in [5, 5.41) is 1.10. The topological polar surface area (TPSA) is 88.2 Å². The highest BCUT2D eigenvalue weighted by molar-refractivity contribution is 7.89. The third-order valence-electron chi connectivity index (χ3n) is 4.15. The van der Waals surface area contributed by atoms with E-state index in [1.165, 1.54) is 10.6 Å². The molecule has 0 aliphatic carbocycles. The molecule has 130 valence electrons. The normalized spacial score (nSPS) is 16.4. The molecule has 1 aromatic carbocycles. The zero-order valence-corrected chi connectivity index (χ0v) is 14.7. The lowest BCUT2D eigenvalue weighted by molar-refractivity contribution is 0.0730. The molecular formula is C16H15ClN4O3S. The van der Waals surface area contributed by atoms with Crippen molar-refractivity contribution in [1.82, 2.24) is 19.3 Å². The number of nitrogens with zero attached hydrogens (tertiary/aromatic N) is 3. The van der Waals surface area contributed by atoms with Crippen molar-refractivity contribution in [2.75, 3.05) is 26.3 Å². The zero-order valence-electron chi connectivity index (χ0n) is 13.1. The molecule has 2 aromatic heterocycles. The Morgan fingerprint density at radius 1 is 1.12 bits per heavy atom. The molecule has 3 heterocycles. The van der Waals surface area contributed by atoms with Gasteiger partial charge in [-0.1, -0.05) is 23.7 Å². The van der Waals surface area contributed by atoms with E-state index in [0.29, 0.717) is 37.1 Å². The minimum Gasteiger partial charge on any atom is -0.379 e. The van der Waals surface area contributed by atoms with Gasteiger partial charge in [0.2, 0.25) is 10.0 Å². The number of benzene rings is 1. The van der Waals surface area contributed by atoms with Crippen LogP contribution >= 0.6 is 11.6 Å². The number of morpholine rings is 1. The number of rotatable bonds is 3. The first kappa shape index (κ1) is 16.5. The van der Waals surface area contributed by atoms with Crippen molar-refractivity contribution in [3.8, 4) is 11.3 Å². The van der Waals surface area contributed by atoms with Gasteiger partial charge in [-0.05, 0) is 23.8 Å². The minimum atomic E-state index is -3.49. The van der Waals surface area contributed by atoms with Crippen molar-refractivity contribution < 1.29 is 13.2 Å². The first-order valence-corrected chi connectivity index (χ1v) is 9.55. The van der Waals surface area contributed by atoms with Crippen molar-refractivity contribution in [2.24, 2.45) is 0 Å². The van der Waals surface area contributed by atoms with Crippen LogP contribution in [0.2, 0.25) is 5.15 Å². The zero-order chi connectivity index (χ0) is 17.4. The van der Waals surface area contributed by atoms with Gasteiger partial charge in [0, 0.05) is 18.8 Å². The van der Waals surface area contributed by atoms with Crippen LogP contribution in [0.5, 0.6) is 0 Å². The highest BCUT2D eigenvalue weighted by Crippen LogP contribution is 2.27. The van der Waals surface area contributed by atoms with E-state index in [9.17, 15) is 8.42 Å². The lowest BCUT2D eigenvalue weighted by Gasteiger charge is -2.26. The number of fused-ring (bicyclic) bond motifs is 1. The molecule has 0 saturated carbocycles. The van der Waals surface area contributed by atoms with E-state index in [1.54, 1.807) is 24.3 Å². The van der Waals surface area contributed by atoms with Crippen LogP contribution in [-0.2, 0) is 14.8 Å². The highest BCUT2D eigenvalue weighted by Gasteiger charge is 2.26. The number of hydrogen-bond donors (Lipinski definition) is 1. The lowest BCUT2D eigenvalue weighted by Crippen LogP contribution is -2.40. The van der Waals surface area contributed by atoms with E-state index in [2.05, 4.69) is 15.0 Å². The molecule has 1 N–H and O–H groups in total. The first-order chi connectivity index (χ1) is 12.1. The average Bonchev–Trinajstić information content (AvgIpc) is 3.08. The SMILES string of the molecule is O=S(=O)(c1ccc(-c2cc3c(Cl)ncnc3[nH]2)cc1)N1CCOCC1. The maximum absolute atomic E-state index is 12.6. The van der Waals surface area contributed by atoms with E-state index in [4.69, 9.17) is 16.3 Å². The summed E-state index contributed by atoms with van der Waals surface area (Å²) in [5.74, 6) is 0. The van der Waals surface area contributed by atoms with Gasteiger partial charge in [-0.3, -0.25) is 0 Å². The highest BCUT2D eigenvalue weighted by atomic mass is 35.5. The monoisotopic (exact) mass is 378 g/mol. The number of sulfonamides is 1. The van der Waals surface area contributed by atoms with Gasteiger partial charge < -0.3 is 9.72 Å². The number of hydrogen-bond acceptors (Lipinski definition) is 5. The molecule has 1 fully saturated rings. The second-order valence-corrected chi connectivity index (χ2v) is 7.95. The molecule has 3 aromatic rings. The summed E-state index contributed by atoms with van der Waals surface area (Å²) in [6.07, 6.45) is 1.39. The van der Waals surface area contributed by atoms with E-state index < -0.39 is 10.0 Å². The third-order valence-corrected chi connectivity index (χ3v) is 6.36. The summed E-state index contributed by atoms with van der Waals surface area (Å²) in [6, 6.07) is 8.60. The second kappa shape index (κ2) is 6.38. The van der Waals surface area contributed by atoms with Crippen LogP contribution in [0.3, 0.4) is 0 Å². The van der Waals surface area contributed by atoms with E-state index >= 15 is 0 Å². The van der Waals surface area contributed by atoms with Crippen molar-refractivity contribution in [3.05, 3.63) is 41.8 Å². The van der Waals surface area contributed by atoms with E-state index in [0.717, 1.165) is 16.6 Å². The molecule has 4 rings (SSSR count). The van der Waals surface area contributed by atoms with Crippen LogP contribution in [0.15, 0.2) is 41.6 Å². The van der Waals surface area contributed by atoms with Crippen molar-refractivity contribution in [1.29, 1.82) is 0 Å². The van der Waals surface area contributed by atoms with Crippen molar-refractivity contribution in [2.45, 2.75) is 4.90 Å². The van der Waals surface area contributed by atoms with Gasteiger partial charge in [-0.2, -0.15) is 4.31 Å². The van der Waals surface area contributed by atoms with Crippen LogP contribution in [0, 0.1) is 0 Å². The second-order valence-electron chi connectivity index (χ2n) is 5.65. The number of ether oxygens (including phenoxy) is 1. The fourth-order valence-corrected chi connectivity index (χ4v) is 4.40. The Bertz CT molecular complexity index is 1010. The van der Waals surface area contributed by atoms with Gasteiger partial charge in [0.1, 0.15) is 17.1 Å². The van der Waals surface area contributed by atoms with E-state index in [1.807, 2.05) is 6.07 Å². The number of aromatic amines is 1. The maximum atomic E-state index is 12.6. The van der Waals surface area contributed by atoms with Crippen LogP contribution in [0.1, 0.15) is 0 Å². The van der Waals surface area contributed by atoms with Gasteiger partial charge in [-0.25, -0.2) is 18.4 Å². The fraction of sp³-hybridized carbons (Fsp3) is 0.250. The molecule has 1 saturated heterocycles. The summed E-state index contributed by atoms with van der Waals surface area (Å²) >= 11 is 6.06. The van der Waals surface area contributed by atoms with Crippen LogP contribution in [-0.4, -0.2) is 54.0 Å². The molecule has 9 heteroatoms. The Morgan fingerprint density at radius 2 is 1.84 bits per heavy atom. The summed E-state index contributed by atoms with van der Waals surface area (Å²) in [7, 11) is -3.49. The molecule has 1 aliphatic heterocycles. The Balaban J connectivity index is 1.66. The predicted molar refractivity (Wildman–Crippen MR) is 93.9 cm³/mol. The Labute approximate surface area is 149 Å². The Hall–Kier alpha value is -2.00. The standard InChI is InChI=1S/C16H15ClN4O3S/c17-15-13-9-14(20-16(13)19-10-18-15)11-1-3-12(4-2-11)25(22,23)21-5-7-24-8-6-21/h1-4,9-10H,5-8H2,(H,18,19,20). The van der Waals surface area contributed by atoms with Gasteiger partial charge in [0.05, 0.1) is 23.5 Å². The summed E-state index contributed by atoms with van der Waals surface area (Å²) < 4.78 is 32.0. The van der Waals surface area contributed by atoms with Crippen LogP contribution in [0.25, 0.3) is 22.3 Å². The number of aromatic nitrogens is 3. The Morgan fingerprint density at radius 3 is 2.52 bits per heavy atom. The smallest absolute Gasteiger partial charge is 0.243 e. The first-order valence-electron chi connectivity index (χ1n) is 7.73. The van der Waals surface area contributed by atoms with Gasteiger partial charge >= 0.3 is 0 Å². The largest absolute Gasteiger partial charge is 0.379 e. The maximum Gasteiger partial charge on any atom is 0.243 e.